The zero-order valence-corrected chi connectivity index (χ0v) is 11.3. The predicted octanol–water partition coefficient (Wildman–Crippen LogP) is 3.21. The Morgan fingerprint density at radius 2 is 1.78 bits per heavy atom. The van der Waals surface area contributed by atoms with Crippen molar-refractivity contribution >= 4 is 33.2 Å². The van der Waals surface area contributed by atoms with Gasteiger partial charge in [0.05, 0.1) is 12.1 Å². The Labute approximate surface area is 114 Å². The number of nitrogens with one attached hydrogen (secondary N) is 1. The summed E-state index contributed by atoms with van der Waals surface area (Å²) in [7, 11) is 0. The zero-order valence-electron chi connectivity index (χ0n) is 9.69. The van der Waals surface area contributed by atoms with Gasteiger partial charge < -0.3 is 11.1 Å². The van der Waals surface area contributed by atoms with Crippen molar-refractivity contribution in [1.82, 2.24) is 0 Å². The van der Waals surface area contributed by atoms with Crippen molar-refractivity contribution in [2.45, 2.75) is 6.42 Å². The SMILES string of the molecule is Nc1ccccc1CC(=O)Nc1ccccc1Br. The van der Waals surface area contributed by atoms with Crippen molar-refractivity contribution < 1.29 is 4.79 Å². The maximum Gasteiger partial charge on any atom is 0.228 e. The van der Waals surface area contributed by atoms with Gasteiger partial charge in [0.1, 0.15) is 0 Å². The molecule has 2 aromatic rings. The van der Waals surface area contributed by atoms with Crippen LogP contribution in [-0.4, -0.2) is 5.91 Å². The van der Waals surface area contributed by atoms with Gasteiger partial charge in [0.25, 0.3) is 0 Å². The van der Waals surface area contributed by atoms with Crippen LogP contribution < -0.4 is 11.1 Å². The van der Waals surface area contributed by atoms with Crippen LogP contribution in [0.4, 0.5) is 11.4 Å². The van der Waals surface area contributed by atoms with Crippen LogP contribution in [0.5, 0.6) is 0 Å². The lowest BCUT2D eigenvalue weighted by molar-refractivity contribution is -0.115. The molecular weight excluding hydrogens is 292 g/mol. The summed E-state index contributed by atoms with van der Waals surface area (Å²) in [6.07, 6.45) is 0.272. The Hall–Kier alpha value is -1.81. The number of carbonyl (C=O) groups is 1. The van der Waals surface area contributed by atoms with Crippen LogP contribution in [0.3, 0.4) is 0 Å². The van der Waals surface area contributed by atoms with Crippen molar-refractivity contribution in [3.63, 3.8) is 0 Å². The van der Waals surface area contributed by atoms with Gasteiger partial charge in [0.15, 0.2) is 0 Å². The van der Waals surface area contributed by atoms with Gasteiger partial charge in [0.2, 0.25) is 5.91 Å². The van der Waals surface area contributed by atoms with Crippen molar-refractivity contribution in [1.29, 1.82) is 0 Å². The number of halogens is 1. The van der Waals surface area contributed by atoms with Crippen LogP contribution in [0.25, 0.3) is 0 Å². The average molecular weight is 305 g/mol. The maximum atomic E-state index is 11.9. The molecule has 0 atom stereocenters. The van der Waals surface area contributed by atoms with Gasteiger partial charge in [-0.15, -0.1) is 0 Å². The Morgan fingerprint density at radius 3 is 2.50 bits per heavy atom. The van der Waals surface area contributed by atoms with Gasteiger partial charge in [-0.05, 0) is 39.7 Å². The molecule has 0 aliphatic carbocycles. The van der Waals surface area contributed by atoms with Crippen molar-refractivity contribution in [3.8, 4) is 0 Å². The standard InChI is InChI=1S/C14H13BrN2O/c15-11-6-2-4-8-13(11)17-14(18)9-10-5-1-3-7-12(10)16/h1-8H,9,16H2,(H,17,18). The minimum atomic E-state index is -0.0835. The molecule has 2 aromatic carbocycles. The lowest BCUT2D eigenvalue weighted by Gasteiger charge is -2.08. The highest BCUT2D eigenvalue weighted by Gasteiger charge is 2.07. The van der Waals surface area contributed by atoms with Gasteiger partial charge in [-0.25, -0.2) is 0 Å². The molecule has 1 amide bonds. The molecular formula is C14H13BrN2O. The van der Waals surface area contributed by atoms with Gasteiger partial charge in [-0.1, -0.05) is 30.3 Å². The van der Waals surface area contributed by atoms with E-state index in [1.165, 1.54) is 0 Å². The van der Waals surface area contributed by atoms with E-state index in [4.69, 9.17) is 5.73 Å². The molecule has 3 N–H and O–H groups in total. The van der Waals surface area contributed by atoms with E-state index in [9.17, 15) is 4.79 Å². The number of anilines is 2. The van der Waals surface area contributed by atoms with Crippen LogP contribution in [0.2, 0.25) is 0 Å². The van der Waals surface area contributed by atoms with E-state index in [-0.39, 0.29) is 12.3 Å². The van der Waals surface area contributed by atoms with Crippen LogP contribution in [0.15, 0.2) is 53.0 Å². The van der Waals surface area contributed by atoms with E-state index in [1.807, 2.05) is 42.5 Å². The molecule has 3 nitrogen and oxygen atoms in total. The van der Waals surface area contributed by atoms with Gasteiger partial charge in [-0.2, -0.15) is 0 Å². The number of carbonyl (C=O) groups excluding carboxylic acids is 1. The third kappa shape index (κ3) is 3.11. The van der Waals surface area contributed by atoms with Gasteiger partial charge in [-0.3, -0.25) is 4.79 Å². The van der Waals surface area contributed by atoms with E-state index in [0.29, 0.717) is 5.69 Å². The summed E-state index contributed by atoms with van der Waals surface area (Å²) in [5.74, 6) is -0.0835. The third-order valence-corrected chi connectivity index (χ3v) is 3.25. The van der Waals surface area contributed by atoms with E-state index >= 15 is 0 Å². The first-order valence-electron chi connectivity index (χ1n) is 5.54. The third-order valence-electron chi connectivity index (χ3n) is 2.55. The number of hydrogen-bond acceptors (Lipinski definition) is 2. The van der Waals surface area contributed by atoms with Crippen molar-refractivity contribution in [2.24, 2.45) is 0 Å². The lowest BCUT2D eigenvalue weighted by Crippen LogP contribution is -2.15. The second-order valence-electron chi connectivity index (χ2n) is 3.90. The normalized spacial score (nSPS) is 10.1. The molecule has 0 aliphatic rings. The molecule has 0 radical (unpaired) electrons. The molecule has 0 bridgehead atoms. The molecule has 2 rings (SSSR count). The number of nitrogen functional groups attached to an aromatic ring is 1. The van der Waals surface area contributed by atoms with Crippen molar-refractivity contribution in [3.05, 3.63) is 58.6 Å². The first kappa shape index (κ1) is 12.6. The summed E-state index contributed by atoms with van der Waals surface area (Å²) >= 11 is 3.39. The molecule has 0 aromatic heterocycles. The number of hydrogen-bond donors (Lipinski definition) is 2. The molecule has 0 aliphatic heterocycles. The highest BCUT2D eigenvalue weighted by atomic mass is 79.9. The van der Waals surface area contributed by atoms with E-state index in [2.05, 4.69) is 21.2 Å². The molecule has 0 spiro atoms. The van der Waals surface area contributed by atoms with Crippen molar-refractivity contribution in [2.75, 3.05) is 11.1 Å². The number of rotatable bonds is 3. The minimum absolute atomic E-state index is 0.0835. The zero-order chi connectivity index (χ0) is 13.0. The van der Waals surface area contributed by atoms with Crippen LogP contribution in [-0.2, 0) is 11.2 Å². The molecule has 18 heavy (non-hydrogen) atoms. The van der Waals surface area contributed by atoms with E-state index < -0.39 is 0 Å². The maximum absolute atomic E-state index is 11.9. The minimum Gasteiger partial charge on any atom is -0.398 e. The Bertz CT molecular complexity index is 520. The fourth-order valence-corrected chi connectivity index (χ4v) is 2.01. The lowest BCUT2D eigenvalue weighted by atomic mass is 10.1. The number of amides is 1. The fourth-order valence-electron chi connectivity index (χ4n) is 1.63. The number of nitrogens with two attached hydrogens (primary N) is 1. The molecule has 0 saturated heterocycles. The summed E-state index contributed by atoms with van der Waals surface area (Å²) in [5.41, 5.74) is 8.04. The highest BCUT2D eigenvalue weighted by molar-refractivity contribution is 9.10. The Kier molecular flexibility index (Phi) is 3.99. The summed E-state index contributed by atoms with van der Waals surface area (Å²) in [5, 5.41) is 2.84. The monoisotopic (exact) mass is 304 g/mol. The molecule has 0 heterocycles. The second-order valence-corrected chi connectivity index (χ2v) is 4.76. The molecule has 0 unspecified atom stereocenters. The predicted molar refractivity (Wildman–Crippen MR) is 77.3 cm³/mol. The first-order chi connectivity index (χ1) is 8.66. The topological polar surface area (TPSA) is 55.1 Å². The molecule has 92 valence electrons. The van der Waals surface area contributed by atoms with E-state index in [1.54, 1.807) is 6.07 Å². The van der Waals surface area contributed by atoms with Gasteiger partial charge in [0, 0.05) is 10.2 Å². The van der Waals surface area contributed by atoms with E-state index in [0.717, 1.165) is 15.7 Å². The summed E-state index contributed by atoms with van der Waals surface area (Å²) in [6.45, 7) is 0. The fraction of sp³-hybridized carbons (Fsp3) is 0.0714. The largest absolute Gasteiger partial charge is 0.398 e. The number of para-hydroxylation sites is 2. The molecule has 0 saturated carbocycles. The van der Waals surface area contributed by atoms with Gasteiger partial charge >= 0.3 is 0 Å². The highest BCUT2D eigenvalue weighted by Crippen LogP contribution is 2.21. The first-order valence-corrected chi connectivity index (χ1v) is 6.34. The average Bonchev–Trinajstić information content (AvgIpc) is 2.35. The smallest absolute Gasteiger partial charge is 0.228 e. The Morgan fingerprint density at radius 1 is 1.11 bits per heavy atom. The van der Waals surface area contributed by atoms with Crippen LogP contribution in [0, 0.1) is 0 Å². The summed E-state index contributed by atoms with van der Waals surface area (Å²) in [4.78, 5) is 11.9. The Balaban J connectivity index is 2.06. The quantitative estimate of drug-likeness (QED) is 0.856. The van der Waals surface area contributed by atoms with Crippen LogP contribution in [0.1, 0.15) is 5.56 Å². The summed E-state index contributed by atoms with van der Waals surface area (Å²) < 4.78 is 0.861. The molecule has 0 fully saturated rings. The second kappa shape index (κ2) is 5.69. The molecule has 4 heteroatoms. The summed E-state index contributed by atoms with van der Waals surface area (Å²) in [6, 6.07) is 14.9. The number of benzene rings is 2. The van der Waals surface area contributed by atoms with Crippen LogP contribution >= 0.6 is 15.9 Å².